The van der Waals surface area contributed by atoms with Crippen LogP contribution < -0.4 is 10.5 Å². The molecule has 2 nitrogen and oxygen atoms in total. The number of hydrogen-bond acceptors (Lipinski definition) is 2. The van der Waals surface area contributed by atoms with E-state index in [9.17, 15) is 8.78 Å². The van der Waals surface area contributed by atoms with Gasteiger partial charge < -0.3 is 10.5 Å². The van der Waals surface area contributed by atoms with Gasteiger partial charge in [0, 0.05) is 11.6 Å². The highest BCUT2D eigenvalue weighted by atomic mass is 32.1. The summed E-state index contributed by atoms with van der Waals surface area (Å²) in [4.78, 5) is 0.309. The molecule has 0 spiro atoms. The Morgan fingerprint density at radius 1 is 1.11 bits per heavy atom. The van der Waals surface area contributed by atoms with Crippen LogP contribution in [-0.2, 0) is 6.61 Å². The number of halogens is 2. The van der Waals surface area contributed by atoms with Gasteiger partial charge >= 0.3 is 0 Å². The molecular weight excluding hydrogens is 268 g/mol. The van der Waals surface area contributed by atoms with Gasteiger partial charge in [-0.15, -0.1) is 0 Å². The minimum absolute atomic E-state index is 0.113. The van der Waals surface area contributed by atoms with E-state index in [1.807, 2.05) is 0 Å². The van der Waals surface area contributed by atoms with Crippen LogP contribution >= 0.6 is 12.2 Å². The summed E-state index contributed by atoms with van der Waals surface area (Å²) in [5.41, 5.74) is 7.03. The highest BCUT2D eigenvalue weighted by molar-refractivity contribution is 7.80. The smallest absolute Gasteiger partial charge is 0.165 e. The third-order valence-corrected chi connectivity index (χ3v) is 2.76. The molecule has 98 valence electrons. The predicted molar refractivity (Wildman–Crippen MR) is 73.0 cm³/mol. The van der Waals surface area contributed by atoms with Gasteiger partial charge in [0.25, 0.3) is 0 Å². The van der Waals surface area contributed by atoms with E-state index in [0.29, 0.717) is 4.99 Å². The summed E-state index contributed by atoms with van der Waals surface area (Å²) in [5.74, 6) is -1.25. The maximum absolute atomic E-state index is 13.3. The van der Waals surface area contributed by atoms with Gasteiger partial charge in [-0.2, -0.15) is 0 Å². The van der Waals surface area contributed by atoms with Crippen LogP contribution in [0.1, 0.15) is 11.1 Å². The Hall–Kier alpha value is -2.01. The summed E-state index contributed by atoms with van der Waals surface area (Å²) in [5, 5.41) is 0. The molecule has 0 saturated heterocycles. The molecule has 2 aromatic carbocycles. The number of ether oxygens (including phenoxy) is 1. The molecule has 0 aromatic heterocycles. The lowest BCUT2D eigenvalue weighted by atomic mass is 10.1. The van der Waals surface area contributed by atoms with Crippen molar-refractivity contribution in [2.24, 2.45) is 5.73 Å². The molecule has 2 N–H and O–H groups in total. The van der Waals surface area contributed by atoms with Gasteiger partial charge in [0.2, 0.25) is 0 Å². The summed E-state index contributed by atoms with van der Waals surface area (Å²) in [6.45, 7) is 0.137. The fraction of sp³-hybridized carbons (Fsp3) is 0.0714. The van der Waals surface area contributed by atoms with Crippen molar-refractivity contribution in [2.75, 3.05) is 0 Å². The number of benzene rings is 2. The van der Waals surface area contributed by atoms with Crippen molar-refractivity contribution in [2.45, 2.75) is 6.61 Å². The molecule has 0 bridgehead atoms. The molecule has 19 heavy (non-hydrogen) atoms. The Balaban J connectivity index is 2.06. The Morgan fingerprint density at radius 2 is 1.79 bits per heavy atom. The van der Waals surface area contributed by atoms with Crippen LogP contribution in [0.2, 0.25) is 0 Å². The third-order valence-electron chi connectivity index (χ3n) is 2.53. The Labute approximate surface area is 114 Å². The number of rotatable bonds is 4. The summed E-state index contributed by atoms with van der Waals surface area (Å²) in [6, 6.07) is 10.1. The Morgan fingerprint density at radius 3 is 2.42 bits per heavy atom. The molecule has 0 amide bonds. The molecule has 0 atom stereocenters. The molecule has 0 radical (unpaired) electrons. The van der Waals surface area contributed by atoms with Gasteiger partial charge in [-0.1, -0.05) is 36.5 Å². The van der Waals surface area contributed by atoms with Crippen molar-refractivity contribution in [1.82, 2.24) is 0 Å². The van der Waals surface area contributed by atoms with E-state index in [2.05, 4.69) is 0 Å². The second-order valence-corrected chi connectivity index (χ2v) is 4.36. The van der Waals surface area contributed by atoms with Gasteiger partial charge in [-0.3, -0.25) is 0 Å². The van der Waals surface area contributed by atoms with Crippen molar-refractivity contribution in [3.63, 3.8) is 0 Å². The zero-order valence-corrected chi connectivity index (χ0v) is 10.7. The second kappa shape index (κ2) is 5.75. The molecule has 0 heterocycles. The molecule has 0 aliphatic rings. The number of hydrogen-bond donors (Lipinski definition) is 1. The van der Waals surface area contributed by atoms with E-state index in [0.717, 1.165) is 29.3 Å². The average molecular weight is 279 g/mol. The van der Waals surface area contributed by atoms with E-state index < -0.39 is 11.6 Å². The third kappa shape index (κ3) is 3.48. The molecule has 0 aliphatic carbocycles. The van der Waals surface area contributed by atoms with E-state index in [1.165, 1.54) is 0 Å². The minimum atomic E-state index is -0.596. The first-order valence-corrected chi connectivity index (χ1v) is 5.93. The maximum Gasteiger partial charge on any atom is 0.165 e. The average Bonchev–Trinajstić information content (AvgIpc) is 2.40. The lowest BCUT2D eigenvalue weighted by Crippen LogP contribution is -2.09. The van der Waals surface area contributed by atoms with Crippen molar-refractivity contribution in [1.29, 1.82) is 0 Å². The summed E-state index contributed by atoms with van der Waals surface area (Å²) in [7, 11) is 0. The fourth-order valence-corrected chi connectivity index (χ4v) is 1.65. The molecule has 0 aliphatic heterocycles. The molecule has 0 fully saturated rings. The molecule has 2 aromatic rings. The first kappa shape index (κ1) is 13.4. The quantitative estimate of drug-likeness (QED) is 0.873. The van der Waals surface area contributed by atoms with Crippen molar-refractivity contribution in [3.8, 4) is 5.75 Å². The van der Waals surface area contributed by atoms with E-state index in [1.54, 1.807) is 24.3 Å². The SMILES string of the molecule is NC(=S)c1ccc(COc2cc(F)ccc2F)cc1. The highest BCUT2D eigenvalue weighted by Crippen LogP contribution is 2.19. The van der Waals surface area contributed by atoms with Gasteiger partial charge in [-0.05, 0) is 17.7 Å². The lowest BCUT2D eigenvalue weighted by Gasteiger charge is -2.08. The van der Waals surface area contributed by atoms with Crippen LogP contribution in [0.3, 0.4) is 0 Å². The number of nitrogens with two attached hydrogens (primary N) is 1. The normalized spacial score (nSPS) is 10.2. The van der Waals surface area contributed by atoms with Gasteiger partial charge in [0.1, 0.15) is 17.4 Å². The minimum Gasteiger partial charge on any atom is -0.486 e. The topological polar surface area (TPSA) is 35.2 Å². The zero-order chi connectivity index (χ0) is 13.8. The Kier molecular flexibility index (Phi) is 4.06. The van der Waals surface area contributed by atoms with Crippen LogP contribution in [-0.4, -0.2) is 4.99 Å². The van der Waals surface area contributed by atoms with E-state index in [-0.39, 0.29) is 12.4 Å². The van der Waals surface area contributed by atoms with E-state index >= 15 is 0 Å². The lowest BCUT2D eigenvalue weighted by molar-refractivity contribution is 0.288. The number of thiocarbonyl (C=S) groups is 1. The zero-order valence-electron chi connectivity index (χ0n) is 9.90. The largest absolute Gasteiger partial charge is 0.486 e. The summed E-state index contributed by atoms with van der Waals surface area (Å²) in [6.07, 6.45) is 0. The van der Waals surface area contributed by atoms with Gasteiger partial charge in [-0.25, -0.2) is 8.78 Å². The van der Waals surface area contributed by atoms with Crippen molar-refractivity contribution < 1.29 is 13.5 Å². The fourth-order valence-electron chi connectivity index (χ4n) is 1.51. The van der Waals surface area contributed by atoms with E-state index in [4.69, 9.17) is 22.7 Å². The van der Waals surface area contributed by atoms with Crippen LogP contribution in [0.15, 0.2) is 42.5 Å². The first-order chi connectivity index (χ1) is 9.06. The van der Waals surface area contributed by atoms with Gasteiger partial charge in [0.05, 0.1) is 0 Å². The molecule has 2 rings (SSSR count). The van der Waals surface area contributed by atoms with Crippen molar-refractivity contribution >= 4 is 17.2 Å². The second-order valence-electron chi connectivity index (χ2n) is 3.92. The highest BCUT2D eigenvalue weighted by Gasteiger charge is 2.05. The first-order valence-electron chi connectivity index (χ1n) is 5.53. The van der Waals surface area contributed by atoms with Crippen LogP contribution in [0.25, 0.3) is 0 Å². The van der Waals surface area contributed by atoms with Crippen LogP contribution in [0.5, 0.6) is 5.75 Å². The molecule has 0 saturated carbocycles. The van der Waals surface area contributed by atoms with Gasteiger partial charge in [0.15, 0.2) is 11.6 Å². The monoisotopic (exact) mass is 279 g/mol. The molecular formula is C14H11F2NOS. The van der Waals surface area contributed by atoms with Crippen molar-refractivity contribution in [3.05, 3.63) is 65.2 Å². The maximum atomic E-state index is 13.3. The molecule has 0 unspecified atom stereocenters. The van der Waals surface area contributed by atoms with Crippen LogP contribution in [0, 0.1) is 11.6 Å². The Bertz CT molecular complexity index is 599. The summed E-state index contributed by atoms with van der Waals surface area (Å²) < 4.78 is 31.5. The summed E-state index contributed by atoms with van der Waals surface area (Å²) >= 11 is 4.83. The predicted octanol–water partition coefficient (Wildman–Crippen LogP) is 3.18. The standard InChI is InChI=1S/C14H11F2NOS/c15-11-5-6-12(16)13(7-11)18-8-9-1-3-10(4-2-9)14(17)19/h1-7H,8H2,(H2,17,19). The molecule has 5 heteroatoms. The van der Waals surface area contributed by atoms with Crippen LogP contribution in [0.4, 0.5) is 8.78 Å².